The molecule has 0 saturated carbocycles. The van der Waals surface area contributed by atoms with Crippen LogP contribution in [0.1, 0.15) is 24.1 Å². The maximum Gasteiger partial charge on any atom is 0.229 e. The highest BCUT2D eigenvalue weighted by Gasteiger charge is 2.23. The highest BCUT2D eigenvalue weighted by Crippen LogP contribution is 2.38. The van der Waals surface area contributed by atoms with Crippen molar-refractivity contribution >= 4 is 63.3 Å². The van der Waals surface area contributed by atoms with Crippen LogP contribution >= 0.6 is 23.9 Å². The lowest BCUT2D eigenvalue weighted by Gasteiger charge is -2.32. The monoisotopic (exact) mass is 565 g/mol. The molecule has 2 N–H and O–H groups in total. The number of fused-ring (bicyclic) bond motifs is 2. The molecule has 0 fully saturated rings. The molecule has 1 aliphatic rings. The van der Waals surface area contributed by atoms with Crippen LogP contribution in [0.3, 0.4) is 0 Å². The molecule has 4 aromatic rings. The number of nitrogens with one attached hydrogen (secondary N) is 2. The zero-order valence-corrected chi connectivity index (χ0v) is 23.5. The number of ether oxygens (including phenoxy) is 1. The minimum absolute atomic E-state index is 0.347. The predicted molar refractivity (Wildman–Crippen MR) is 152 cm³/mol. The number of likely N-dealkylation sites (N-methyl/N-ethyl adjacent to an activating group) is 1. The van der Waals surface area contributed by atoms with Gasteiger partial charge in [-0.1, -0.05) is 7.92 Å². The Hall–Kier alpha value is -2.87. The number of aromatic nitrogens is 4. The first-order chi connectivity index (χ1) is 17.4. The van der Waals surface area contributed by atoms with E-state index in [1.54, 1.807) is 25.7 Å². The van der Waals surface area contributed by atoms with E-state index in [4.69, 9.17) is 9.72 Å². The van der Waals surface area contributed by atoms with Crippen molar-refractivity contribution in [2.75, 3.05) is 44.7 Å². The van der Waals surface area contributed by atoms with Gasteiger partial charge in [0, 0.05) is 42.2 Å². The van der Waals surface area contributed by atoms with Crippen molar-refractivity contribution in [1.82, 2.24) is 24.8 Å². The van der Waals surface area contributed by atoms with Crippen LogP contribution < -0.4 is 20.7 Å². The molecule has 3 heterocycles. The summed E-state index contributed by atoms with van der Waals surface area (Å²) in [6, 6.07) is 8.67. The average Bonchev–Trinajstić information content (AvgIpc) is 2.87. The van der Waals surface area contributed by atoms with E-state index in [0.717, 1.165) is 50.9 Å². The van der Waals surface area contributed by atoms with Crippen molar-refractivity contribution in [2.24, 2.45) is 0 Å². The van der Waals surface area contributed by atoms with Gasteiger partial charge in [-0.05, 0) is 85.0 Å². The van der Waals surface area contributed by atoms with E-state index in [0.29, 0.717) is 17.8 Å². The minimum atomic E-state index is -0.447. The van der Waals surface area contributed by atoms with E-state index in [1.807, 2.05) is 12.1 Å². The maximum atomic E-state index is 5.73. The summed E-state index contributed by atoms with van der Waals surface area (Å²) in [5.41, 5.74) is 6.25. The Morgan fingerprint density at radius 3 is 2.67 bits per heavy atom. The van der Waals surface area contributed by atoms with Crippen LogP contribution in [0.5, 0.6) is 5.75 Å². The van der Waals surface area contributed by atoms with E-state index < -0.39 is 7.92 Å². The van der Waals surface area contributed by atoms with E-state index in [2.05, 4.69) is 85.8 Å². The summed E-state index contributed by atoms with van der Waals surface area (Å²) >= 11 is 3.61. The zero-order valence-electron chi connectivity index (χ0n) is 21.0. The third-order valence-electron chi connectivity index (χ3n) is 6.61. The van der Waals surface area contributed by atoms with Gasteiger partial charge < -0.3 is 15.4 Å². The fourth-order valence-corrected chi connectivity index (χ4v) is 6.08. The van der Waals surface area contributed by atoms with Gasteiger partial charge in [0.15, 0.2) is 0 Å². The molecule has 2 aromatic carbocycles. The average molecular weight is 566 g/mol. The number of nitrogens with zero attached hydrogens (tertiary/aromatic N) is 5. The molecule has 0 amide bonds. The summed E-state index contributed by atoms with van der Waals surface area (Å²) in [4.78, 5) is 20.7. The van der Waals surface area contributed by atoms with Gasteiger partial charge in [-0.25, -0.2) is 4.98 Å². The number of halogens is 1. The van der Waals surface area contributed by atoms with E-state index in [1.165, 1.54) is 11.1 Å². The Bertz CT molecular complexity index is 1430. The number of hydrogen-bond acceptors (Lipinski definition) is 8. The fraction of sp³-hybridized carbons (Fsp3) is 0.308. The molecule has 0 saturated heterocycles. The lowest BCUT2D eigenvalue weighted by molar-refractivity contribution is 0.247. The van der Waals surface area contributed by atoms with E-state index >= 15 is 0 Å². The van der Waals surface area contributed by atoms with Crippen LogP contribution in [0, 0.1) is 0 Å². The molecule has 1 aliphatic heterocycles. The molecule has 0 radical (unpaired) electrons. The van der Waals surface area contributed by atoms with Crippen LogP contribution in [0.25, 0.3) is 11.0 Å². The summed E-state index contributed by atoms with van der Waals surface area (Å²) in [6.07, 6.45) is 6.20. The third-order valence-corrected chi connectivity index (χ3v) is 8.54. The van der Waals surface area contributed by atoms with E-state index in [-0.39, 0.29) is 0 Å². The molecule has 10 heteroatoms. The SMILES string of the molecule is COc1cc2c(cc1Nc1ncc(Br)c(Nc3ccc4nccnc4c3P(C)C)n1)CCN(C)[C@H]2C. The summed E-state index contributed by atoms with van der Waals surface area (Å²) in [7, 11) is 3.40. The predicted octanol–water partition coefficient (Wildman–Crippen LogP) is 5.59. The van der Waals surface area contributed by atoms with Crippen LogP contribution in [0.15, 0.2) is 47.3 Å². The minimum Gasteiger partial charge on any atom is -0.495 e. The Labute approximate surface area is 220 Å². The standard InChI is InChI=1S/C26H29BrN7OP/c1-15-17-13-22(35-3)21(12-16(17)8-11-34(15)2)32-26-30-14-18(27)25(33-26)31-20-7-6-19-23(24(20)36(4)5)29-10-9-28-19/h6-7,9-10,12-15H,8,11H2,1-5H3,(H2,30,31,32,33)/t15-/m0/s1. The molecule has 2 aromatic heterocycles. The highest BCUT2D eigenvalue weighted by molar-refractivity contribution is 9.10. The van der Waals surface area contributed by atoms with Crippen molar-refractivity contribution in [3.63, 3.8) is 0 Å². The molecule has 1 atom stereocenters. The quantitative estimate of drug-likeness (QED) is 0.292. The summed E-state index contributed by atoms with van der Waals surface area (Å²) in [6.45, 7) is 7.68. The van der Waals surface area contributed by atoms with Crippen molar-refractivity contribution < 1.29 is 4.74 Å². The molecular weight excluding hydrogens is 537 g/mol. The Kier molecular flexibility index (Phi) is 7.06. The second-order valence-corrected chi connectivity index (χ2v) is 12.2. The molecule has 8 nitrogen and oxygen atoms in total. The van der Waals surface area contributed by atoms with Crippen molar-refractivity contribution in [3.05, 3.63) is 58.5 Å². The molecule has 0 spiro atoms. The Morgan fingerprint density at radius 1 is 1.08 bits per heavy atom. The number of hydrogen-bond donors (Lipinski definition) is 2. The summed E-state index contributed by atoms with van der Waals surface area (Å²) in [5, 5.41) is 8.04. The smallest absolute Gasteiger partial charge is 0.229 e. The summed E-state index contributed by atoms with van der Waals surface area (Å²) in [5.74, 6) is 1.92. The van der Waals surface area contributed by atoms with Gasteiger partial charge in [-0.15, -0.1) is 0 Å². The van der Waals surface area contributed by atoms with Gasteiger partial charge in [-0.2, -0.15) is 4.98 Å². The van der Waals surface area contributed by atoms with Crippen LogP contribution in [0.2, 0.25) is 0 Å². The number of benzene rings is 2. The lowest BCUT2D eigenvalue weighted by Crippen LogP contribution is -2.30. The number of anilines is 4. The van der Waals surface area contributed by atoms with Gasteiger partial charge in [0.2, 0.25) is 5.95 Å². The lowest BCUT2D eigenvalue weighted by atomic mass is 9.93. The normalized spacial score (nSPS) is 15.7. The van der Waals surface area contributed by atoms with Gasteiger partial charge in [0.05, 0.1) is 28.3 Å². The first-order valence-electron chi connectivity index (χ1n) is 11.7. The van der Waals surface area contributed by atoms with Gasteiger partial charge in [-0.3, -0.25) is 14.9 Å². The summed E-state index contributed by atoms with van der Waals surface area (Å²) < 4.78 is 6.50. The van der Waals surface area contributed by atoms with Crippen molar-refractivity contribution in [2.45, 2.75) is 19.4 Å². The molecular formula is C26H29BrN7OP. The van der Waals surface area contributed by atoms with Gasteiger partial charge in [0.1, 0.15) is 11.6 Å². The highest BCUT2D eigenvalue weighted by atomic mass is 79.9. The zero-order chi connectivity index (χ0) is 25.4. The number of methoxy groups -OCH3 is 1. The van der Waals surface area contributed by atoms with Crippen molar-refractivity contribution in [3.8, 4) is 5.75 Å². The molecule has 0 bridgehead atoms. The molecule has 0 aliphatic carbocycles. The topological polar surface area (TPSA) is 88.1 Å². The maximum absolute atomic E-state index is 5.73. The molecule has 5 rings (SSSR count). The van der Waals surface area contributed by atoms with Gasteiger partial charge >= 0.3 is 0 Å². The molecule has 0 unspecified atom stereocenters. The molecule has 186 valence electrons. The van der Waals surface area contributed by atoms with Crippen LogP contribution in [-0.4, -0.2) is 58.9 Å². The van der Waals surface area contributed by atoms with Crippen molar-refractivity contribution in [1.29, 1.82) is 0 Å². The third kappa shape index (κ3) is 4.75. The largest absolute Gasteiger partial charge is 0.495 e. The first kappa shape index (κ1) is 24.8. The Morgan fingerprint density at radius 2 is 1.89 bits per heavy atom. The number of rotatable bonds is 6. The van der Waals surface area contributed by atoms with Gasteiger partial charge in [0.25, 0.3) is 0 Å². The van der Waals surface area contributed by atoms with Crippen LogP contribution in [-0.2, 0) is 6.42 Å². The Balaban J connectivity index is 1.48. The van der Waals surface area contributed by atoms with Crippen LogP contribution in [0.4, 0.5) is 23.1 Å². The van der Waals surface area contributed by atoms with E-state index in [9.17, 15) is 0 Å². The first-order valence-corrected chi connectivity index (χ1v) is 14.8. The molecule has 36 heavy (non-hydrogen) atoms. The second-order valence-electron chi connectivity index (χ2n) is 9.08. The second kappa shape index (κ2) is 10.2. The fourth-order valence-electron chi connectivity index (χ4n) is 4.58.